The molecule has 140 valence electrons. The lowest BCUT2D eigenvalue weighted by Crippen LogP contribution is -2.44. The highest BCUT2D eigenvalue weighted by atomic mass is 15.2. The fraction of sp³-hybridized carbons (Fsp3) is 0.217. The second-order valence-electron chi connectivity index (χ2n) is 7.40. The molecule has 0 aliphatic carbocycles. The van der Waals surface area contributed by atoms with E-state index >= 15 is 0 Å². The van der Waals surface area contributed by atoms with Gasteiger partial charge < -0.3 is 9.80 Å². The minimum atomic E-state index is 0.747. The Morgan fingerprint density at radius 1 is 0.821 bits per heavy atom. The van der Waals surface area contributed by atoms with Crippen LogP contribution in [0.1, 0.15) is 0 Å². The molecule has 5 heteroatoms. The van der Waals surface area contributed by atoms with Crippen LogP contribution in [0.15, 0.2) is 66.9 Å². The summed E-state index contributed by atoms with van der Waals surface area (Å²) in [5, 5.41) is 8.55. The molecule has 2 aromatic carbocycles. The molecule has 1 aliphatic rings. The van der Waals surface area contributed by atoms with Gasteiger partial charge in [-0.3, -0.25) is 5.10 Å². The van der Waals surface area contributed by atoms with E-state index < -0.39 is 0 Å². The van der Waals surface area contributed by atoms with Crippen molar-refractivity contribution in [1.82, 2.24) is 20.1 Å². The van der Waals surface area contributed by atoms with Gasteiger partial charge >= 0.3 is 0 Å². The average Bonchev–Trinajstić information content (AvgIpc) is 3.18. The van der Waals surface area contributed by atoms with Crippen molar-refractivity contribution in [2.75, 3.05) is 38.1 Å². The molecule has 0 atom stereocenters. The van der Waals surface area contributed by atoms with Gasteiger partial charge in [0, 0.05) is 54.6 Å². The Kier molecular flexibility index (Phi) is 4.29. The zero-order valence-corrected chi connectivity index (χ0v) is 16.0. The fourth-order valence-electron chi connectivity index (χ4n) is 3.81. The van der Waals surface area contributed by atoms with E-state index in [1.807, 2.05) is 24.4 Å². The maximum absolute atomic E-state index is 4.57. The summed E-state index contributed by atoms with van der Waals surface area (Å²) < 4.78 is 0. The summed E-state index contributed by atoms with van der Waals surface area (Å²) >= 11 is 0. The Labute approximate surface area is 164 Å². The van der Waals surface area contributed by atoms with E-state index in [0.29, 0.717) is 0 Å². The minimum absolute atomic E-state index is 0.747. The summed E-state index contributed by atoms with van der Waals surface area (Å²) in [6.07, 6.45) is 1.91. The Balaban J connectivity index is 1.46. The lowest BCUT2D eigenvalue weighted by Gasteiger charge is -2.34. The number of aromatic nitrogens is 3. The lowest BCUT2D eigenvalue weighted by molar-refractivity contribution is 0.313. The van der Waals surface area contributed by atoms with Crippen molar-refractivity contribution in [3.63, 3.8) is 0 Å². The molecule has 0 bridgehead atoms. The topological polar surface area (TPSA) is 48.1 Å². The minimum Gasteiger partial charge on any atom is -0.369 e. The molecule has 2 aromatic heterocycles. The first-order chi connectivity index (χ1) is 13.8. The van der Waals surface area contributed by atoms with Gasteiger partial charge in [0.2, 0.25) is 0 Å². The maximum Gasteiger partial charge on any atom is 0.181 e. The molecular formula is C23H23N5. The van der Waals surface area contributed by atoms with Crippen molar-refractivity contribution in [3.05, 3.63) is 66.9 Å². The number of fused-ring (bicyclic) bond motifs is 1. The van der Waals surface area contributed by atoms with Crippen molar-refractivity contribution in [1.29, 1.82) is 0 Å². The van der Waals surface area contributed by atoms with Crippen LogP contribution in [0.4, 0.5) is 5.69 Å². The van der Waals surface area contributed by atoms with Gasteiger partial charge in [-0.25, -0.2) is 4.98 Å². The SMILES string of the molecule is CN1CCN(c2ccc(-c3cnc4n[nH]c(-c5ccccc5)c4c3)cc2)CC1. The number of piperazine rings is 1. The molecule has 1 aliphatic heterocycles. The summed E-state index contributed by atoms with van der Waals surface area (Å²) in [6, 6.07) is 21.3. The van der Waals surface area contributed by atoms with Gasteiger partial charge in [-0.1, -0.05) is 42.5 Å². The number of nitrogens with one attached hydrogen (secondary N) is 1. The number of H-pyrrole nitrogens is 1. The number of likely N-dealkylation sites (N-methyl/N-ethyl adjacent to an activating group) is 1. The smallest absolute Gasteiger partial charge is 0.181 e. The van der Waals surface area contributed by atoms with E-state index in [0.717, 1.165) is 54.0 Å². The largest absolute Gasteiger partial charge is 0.369 e. The van der Waals surface area contributed by atoms with E-state index in [4.69, 9.17) is 0 Å². The standard InChI is InChI=1S/C23H23N5/c1-27-11-13-28(14-12-27)20-9-7-17(8-10-20)19-15-21-22(18-5-3-2-4-6-18)25-26-23(21)24-16-19/h2-10,15-16H,11-14H2,1H3,(H,24,25,26). The van der Waals surface area contributed by atoms with Crippen molar-refractivity contribution in [3.8, 4) is 22.4 Å². The number of rotatable bonds is 3. The molecule has 1 fully saturated rings. The third kappa shape index (κ3) is 3.14. The first-order valence-electron chi connectivity index (χ1n) is 9.71. The Bertz CT molecular complexity index is 1080. The molecule has 1 N–H and O–H groups in total. The fourth-order valence-corrected chi connectivity index (χ4v) is 3.81. The molecule has 4 aromatic rings. The van der Waals surface area contributed by atoms with Gasteiger partial charge in [-0.15, -0.1) is 0 Å². The van der Waals surface area contributed by atoms with Crippen LogP contribution < -0.4 is 4.90 Å². The number of pyridine rings is 1. The van der Waals surface area contributed by atoms with Crippen LogP contribution in [0.2, 0.25) is 0 Å². The summed E-state index contributed by atoms with van der Waals surface area (Å²) in [7, 11) is 2.18. The highest BCUT2D eigenvalue weighted by Gasteiger charge is 2.14. The normalized spacial score (nSPS) is 15.2. The van der Waals surface area contributed by atoms with Gasteiger partial charge in [-0.05, 0) is 30.8 Å². The molecule has 0 amide bonds. The number of anilines is 1. The summed E-state index contributed by atoms with van der Waals surface area (Å²) in [4.78, 5) is 9.40. The van der Waals surface area contributed by atoms with Crippen molar-refractivity contribution >= 4 is 16.7 Å². The van der Waals surface area contributed by atoms with Crippen LogP contribution in [-0.2, 0) is 0 Å². The molecule has 5 nitrogen and oxygen atoms in total. The van der Waals surface area contributed by atoms with Gasteiger partial charge in [0.15, 0.2) is 5.65 Å². The molecule has 0 saturated carbocycles. The Hall–Kier alpha value is -3.18. The second kappa shape index (κ2) is 7.09. The number of hydrogen-bond acceptors (Lipinski definition) is 4. The van der Waals surface area contributed by atoms with E-state index in [-0.39, 0.29) is 0 Å². The van der Waals surface area contributed by atoms with Crippen LogP contribution in [0.25, 0.3) is 33.4 Å². The molecule has 0 spiro atoms. The molecule has 28 heavy (non-hydrogen) atoms. The molecule has 5 rings (SSSR count). The number of nitrogens with zero attached hydrogens (tertiary/aromatic N) is 4. The Morgan fingerprint density at radius 3 is 2.32 bits per heavy atom. The first-order valence-corrected chi connectivity index (χ1v) is 9.71. The van der Waals surface area contributed by atoms with E-state index in [1.165, 1.54) is 11.3 Å². The average molecular weight is 369 g/mol. The van der Waals surface area contributed by atoms with Crippen molar-refractivity contribution in [2.45, 2.75) is 0 Å². The monoisotopic (exact) mass is 369 g/mol. The quantitative estimate of drug-likeness (QED) is 0.592. The van der Waals surface area contributed by atoms with Crippen LogP contribution in [0, 0.1) is 0 Å². The van der Waals surface area contributed by atoms with Crippen LogP contribution >= 0.6 is 0 Å². The van der Waals surface area contributed by atoms with Crippen molar-refractivity contribution in [2.24, 2.45) is 0 Å². The van der Waals surface area contributed by atoms with Crippen molar-refractivity contribution < 1.29 is 0 Å². The predicted molar refractivity (Wildman–Crippen MR) is 114 cm³/mol. The lowest BCUT2D eigenvalue weighted by atomic mass is 10.0. The molecular weight excluding hydrogens is 346 g/mol. The van der Waals surface area contributed by atoms with Crippen LogP contribution in [0.3, 0.4) is 0 Å². The third-order valence-electron chi connectivity index (χ3n) is 5.54. The summed E-state index contributed by atoms with van der Waals surface area (Å²) in [5.74, 6) is 0. The van der Waals surface area contributed by atoms with Crippen LogP contribution in [0.5, 0.6) is 0 Å². The first kappa shape index (κ1) is 17.0. The van der Waals surface area contributed by atoms with E-state index in [1.54, 1.807) is 0 Å². The van der Waals surface area contributed by atoms with Gasteiger partial charge in [0.05, 0.1) is 5.69 Å². The van der Waals surface area contributed by atoms with Gasteiger partial charge in [-0.2, -0.15) is 5.10 Å². The number of hydrogen-bond donors (Lipinski definition) is 1. The summed E-state index contributed by atoms with van der Waals surface area (Å²) in [5.41, 5.74) is 6.45. The van der Waals surface area contributed by atoms with E-state index in [2.05, 4.69) is 74.5 Å². The predicted octanol–water partition coefficient (Wildman–Crippen LogP) is 4.04. The zero-order chi connectivity index (χ0) is 18.9. The highest BCUT2D eigenvalue weighted by molar-refractivity contribution is 5.93. The van der Waals surface area contributed by atoms with Gasteiger partial charge in [0.25, 0.3) is 0 Å². The highest BCUT2D eigenvalue weighted by Crippen LogP contribution is 2.30. The third-order valence-corrected chi connectivity index (χ3v) is 5.54. The maximum atomic E-state index is 4.57. The number of benzene rings is 2. The molecule has 3 heterocycles. The number of aromatic amines is 1. The zero-order valence-electron chi connectivity index (χ0n) is 16.0. The van der Waals surface area contributed by atoms with Crippen LogP contribution in [-0.4, -0.2) is 53.3 Å². The van der Waals surface area contributed by atoms with Gasteiger partial charge in [0.1, 0.15) is 0 Å². The molecule has 0 unspecified atom stereocenters. The Morgan fingerprint density at radius 2 is 1.57 bits per heavy atom. The molecule has 0 radical (unpaired) electrons. The summed E-state index contributed by atoms with van der Waals surface area (Å²) in [6.45, 7) is 4.40. The van der Waals surface area contributed by atoms with E-state index in [9.17, 15) is 0 Å². The second-order valence-corrected chi connectivity index (χ2v) is 7.40. The molecule has 1 saturated heterocycles.